The summed E-state index contributed by atoms with van der Waals surface area (Å²) in [4.78, 5) is 11.6. The predicted octanol–water partition coefficient (Wildman–Crippen LogP) is 4.96. The van der Waals surface area contributed by atoms with Crippen LogP contribution in [0, 0.1) is 11.8 Å². The average molecular weight is 372 g/mol. The summed E-state index contributed by atoms with van der Waals surface area (Å²) >= 11 is 0. The van der Waals surface area contributed by atoms with Crippen molar-refractivity contribution in [3.05, 3.63) is 28.8 Å². The summed E-state index contributed by atoms with van der Waals surface area (Å²) < 4.78 is 0. The van der Waals surface area contributed by atoms with Crippen LogP contribution in [0.5, 0.6) is 5.75 Å². The predicted molar refractivity (Wildman–Crippen MR) is 90.8 cm³/mol. The Hall–Kier alpha value is -0.887. The Kier molecular flexibility index (Phi) is 7.06. The van der Waals surface area contributed by atoms with E-state index < -0.39 is 5.97 Å². The number of carboxylic acid groups (broad SMARTS) is 1. The molecule has 0 saturated carbocycles. The minimum Gasteiger partial charge on any atom is -0.507 e. The first-order chi connectivity index (χ1) is 9.83. The number of hydrogen-bond donors (Lipinski definition) is 2. The van der Waals surface area contributed by atoms with Gasteiger partial charge < -0.3 is 10.2 Å². The fourth-order valence-electron chi connectivity index (χ4n) is 2.31. The van der Waals surface area contributed by atoms with E-state index in [-0.39, 0.29) is 47.5 Å². The van der Waals surface area contributed by atoms with Gasteiger partial charge in [-0.25, -0.2) is 4.79 Å². The summed E-state index contributed by atoms with van der Waals surface area (Å²) in [5, 5.41) is 20.0. The van der Waals surface area contributed by atoms with E-state index in [2.05, 4.69) is 41.5 Å². The van der Waals surface area contributed by atoms with Crippen LogP contribution in [0.15, 0.2) is 12.1 Å². The monoisotopic (exact) mass is 370 g/mol. The first-order valence-corrected chi connectivity index (χ1v) is 7.94. The van der Waals surface area contributed by atoms with Crippen molar-refractivity contribution < 1.29 is 34.5 Å². The molecule has 0 aromatic heterocycles. The van der Waals surface area contributed by atoms with Crippen molar-refractivity contribution >= 4 is 5.97 Å². The molecule has 0 radical (unpaired) electrons. The SMILES string of the molecule is CC(C)C(C)(C)c1cc(C(=O)O)c(O)c(C(C)(C)C(C)C)c1.[Zn]. The molecule has 3 nitrogen and oxygen atoms in total. The van der Waals surface area contributed by atoms with Gasteiger partial charge in [0.25, 0.3) is 0 Å². The molecule has 0 spiro atoms. The molecule has 0 atom stereocenters. The molecule has 0 fully saturated rings. The van der Waals surface area contributed by atoms with Gasteiger partial charge >= 0.3 is 5.97 Å². The molecular formula is C19H30O3Zn. The van der Waals surface area contributed by atoms with Crippen molar-refractivity contribution in [3.8, 4) is 5.75 Å². The molecule has 0 aliphatic carbocycles. The van der Waals surface area contributed by atoms with Crippen molar-refractivity contribution in [3.63, 3.8) is 0 Å². The maximum Gasteiger partial charge on any atom is 0.339 e. The fraction of sp³-hybridized carbons (Fsp3) is 0.632. The van der Waals surface area contributed by atoms with Gasteiger partial charge in [0, 0.05) is 25.0 Å². The van der Waals surface area contributed by atoms with Crippen molar-refractivity contribution in [2.24, 2.45) is 11.8 Å². The third kappa shape index (κ3) is 4.15. The molecule has 0 amide bonds. The van der Waals surface area contributed by atoms with E-state index in [0.717, 1.165) is 5.56 Å². The number of rotatable bonds is 5. The molecule has 4 heteroatoms. The minimum atomic E-state index is -1.08. The van der Waals surface area contributed by atoms with Crippen LogP contribution in [-0.2, 0) is 30.3 Å². The fourth-order valence-corrected chi connectivity index (χ4v) is 2.31. The second-order valence-corrected chi connectivity index (χ2v) is 7.98. The van der Waals surface area contributed by atoms with Crippen LogP contribution in [0.1, 0.15) is 76.9 Å². The Labute approximate surface area is 153 Å². The number of hydrogen-bond acceptors (Lipinski definition) is 2. The Bertz CT molecular complexity index is 572. The number of carbonyl (C=O) groups is 1. The van der Waals surface area contributed by atoms with Gasteiger partial charge in [0.15, 0.2) is 0 Å². The van der Waals surface area contributed by atoms with E-state index in [9.17, 15) is 15.0 Å². The summed E-state index contributed by atoms with van der Waals surface area (Å²) in [6.45, 7) is 16.7. The number of carboxylic acids is 1. The minimum absolute atomic E-state index is 0. The Balaban J connectivity index is 0.00000484. The molecule has 0 bridgehead atoms. The van der Waals surface area contributed by atoms with Gasteiger partial charge in [-0.05, 0) is 34.3 Å². The average Bonchev–Trinajstić information content (AvgIpc) is 2.37. The molecule has 0 aliphatic heterocycles. The molecule has 1 aromatic rings. The van der Waals surface area contributed by atoms with Gasteiger partial charge in [-0.1, -0.05) is 61.5 Å². The molecule has 2 N–H and O–H groups in total. The van der Waals surface area contributed by atoms with Gasteiger partial charge in [0.1, 0.15) is 11.3 Å². The third-order valence-corrected chi connectivity index (χ3v) is 5.67. The van der Waals surface area contributed by atoms with Crippen LogP contribution in [0.25, 0.3) is 0 Å². The van der Waals surface area contributed by atoms with Crippen LogP contribution >= 0.6 is 0 Å². The summed E-state index contributed by atoms with van der Waals surface area (Å²) in [6, 6.07) is 3.61. The van der Waals surface area contributed by atoms with Gasteiger partial charge in [0.2, 0.25) is 0 Å². The van der Waals surface area contributed by atoms with Gasteiger partial charge in [-0.3, -0.25) is 0 Å². The standard InChI is InChI=1S/C19H30O3.Zn/c1-11(2)18(5,6)13-9-14(17(21)22)16(20)15(10-13)19(7,8)12(3)4;/h9-12,20H,1-8H3,(H,21,22);. The van der Waals surface area contributed by atoms with Crippen molar-refractivity contribution in [2.75, 3.05) is 0 Å². The van der Waals surface area contributed by atoms with E-state index in [1.165, 1.54) is 0 Å². The zero-order valence-electron chi connectivity index (χ0n) is 15.8. The Morgan fingerprint density at radius 2 is 1.39 bits per heavy atom. The summed E-state index contributed by atoms with van der Waals surface area (Å²) in [6.07, 6.45) is 0. The van der Waals surface area contributed by atoms with E-state index in [1.807, 2.05) is 19.9 Å². The zero-order valence-corrected chi connectivity index (χ0v) is 18.8. The second-order valence-electron chi connectivity index (χ2n) is 7.98. The maximum atomic E-state index is 11.6. The molecule has 0 aliphatic rings. The van der Waals surface area contributed by atoms with E-state index in [4.69, 9.17) is 0 Å². The van der Waals surface area contributed by atoms with Crippen molar-refractivity contribution in [1.29, 1.82) is 0 Å². The molecule has 1 aromatic carbocycles. The van der Waals surface area contributed by atoms with E-state index in [0.29, 0.717) is 11.5 Å². The number of aromatic carboxylic acids is 1. The van der Waals surface area contributed by atoms with Gasteiger partial charge in [-0.15, -0.1) is 0 Å². The number of aromatic hydroxyl groups is 1. The van der Waals surface area contributed by atoms with Crippen LogP contribution in [0.4, 0.5) is 0 Å². The quantitative estimate of drug-likeness (QED) is 0.719. The van der Waals surface area contributed by atoms with Gasteiger partial charge in [-0.2, -0.15) is 0 Å². The molecule has 0 unspecified atom stereocenters. The topological polar surface area (TPSA) is 57.5 Å². The molecule has 1 rings (SSSR count). The van der Waals surface area contributed by atoms with Crippen molar-refractivity contribution in [1.82, 2.24) is 0 Å². The first kappa shape index (κ1) is 22.1. The molecule has 0 saturated heterocycles. The second kappa shape index (κ2) is 7.34. The Morgan fingerprint density at radius 3 is 1.74 bits per heavy atom. The summed E-state index contributed by atoms with van der Waals surface area (Å²) in [5.41, 5.74) is 1.19. The van der Waals surface area contributed by atoms with Crippen molar-refractivity contribution in [2.45, 2.75) is 66.2 Å². The maximum absolute atomic E-state index is 11.6. The molecule has 0 heterocycles. The van der Waals surface area contributed by atoms with Crippen LogP contribution in [0.3, 0.4) is 0 Å². The molecular weight excluding hydrogens is 342 g/mol. The van der Waals surface area contributed by atoms with E-state index in [1.54, 1.807) is 6.07 Å². The number of benzene rings is 1. The first-order valence-electron chi connectivity index (χ1n) is 7.94. The molecule has 126 valence electrons. The largest absolute Gasteiger partial charge is 0.507 e. The normalized spacial score (nSPS) is 12.4. The summed E-state index contributed by atoms with van der Waals surface area (Å²) in [5.74, 6) is -0.555. The smallest absolute Gasteiger partial charge is 0.339 e. The number of phenols is 1. The van der Waals surface area contributed by atoms with Gasteiger partial charge in [0.05, 0.1) is 0 Å². The molecule has 23 heavy (non-hydrogen) atoms. The van der Waals surface area contributed by atoms with Crippen LogP contribution in [0.2, 0.25) is 0 Å². The van der Waals surface area contributed by atoms with Crippen LogP contribution in [-0.4, -0.2) is 16.2 Å². The third-order valence-electron chi connectivity index (χ3n) is 5.67. The summed E-state index contributed by atoms with van der Waals surface area (Å²) in [7, 11) is 0. The Morgan fingerprint density at radius 1 is 0.957 bits per heavy atom. The van der Waals surface area contributed by atoms with Crippen LogP contribution < -0.4 is 0 Å². The zero-order chi connectivity index (χ0) is 17.5. The van der Waals surface area contributed by atoms with E-state index >= 15 is 0 Å².